The van der Waals surface area contributed by atoms with Gasteiger partial charge in [0.15, 0.2) is 0 Å². The molecule has 1 fully saturated rings. The Labute approximate surface area is 169 Å². The normalized spacial score (nSPS) is 13.1. The summed E-state index contributed by atoms with van der Waals surface area (Å²) in [4.78, 5) is 11.6. The number of ether oxygens (including phenoxy) is 2. The lowest BCUT2D eigenvalue weighted by atomic mass is 10.1. The van der Waals surface area contributed by atoms with E-state index in [2.05, 4.69) is 16.0 Å². The van der Waals surface area contributed by atoms with E-state index in [-0.39, 0.29) is 0 Å². The number of hydrogen-bond acceptors (Lipinski definition) is 4. The highest BCUT2D eigenvalue weighted by molar-refractivity contribution is 5.95. The zero-order valence-electron chi connectivity index (χ0n) is 16.6. The van der Waals surface area contributed by atoms with Crippen molar-refractivity contribution in [2.24, 2.45) is 5.92 Å². The van der Waals surface area contributed by atoms with Crippen molar-refractivity contribution in [3.05, 3.63) is 48.0 Å². The summed E-state index contributed by atoms with van der Waals surface area (Å²) in [5.74, 6) is 1.42. The third-order valence-corrected chi connectivity index (χ3v) is 5.20. The maximum absolute atomic E-state index is 11.6. The van der Waals surface area contributed by atoms with Crippen molar-refractivity contribution in [1.29, 1.82) is 5.26 Å². The first-order valence-corrected chi connectivity index (χ1v) is 9.79. The number of anilines is 1. The molecule has 148 valence electrons. The number of fused-ring (bicyclic) bond motifs is 1. The van der Waals surface area contributed by atoms with Crippen molar-refractivity contribution in [2.45, 2.75) is 26.3 Å². The minimum Gasteiger partial charge on any atom is -0.497 e. The van der Waals surface area contributed by atoms with Gasteiger partial charge in [-0.05, 0) is 55.5 Å². The Morgan fingerprint density at radius 1 is 1.24 bits per heavy atom. The van der Waals surface area contributed by atoms with E-state index in [0.717, 1.165) is 34.5 Å². The van der Waals surface area contributed by atoms with Gasteiger partial charge in [-0.25, -0.2) is 4.79 Å². The first-order valence-electron chi connectivity index (χ1n) is 9.79. The maximum atomic E-state index is 11.6. The van der Waals surface area contributed by atoms with Crippen molar-refractivity contribution in [3.63, 3.8) is 0 Å². The fraction of sp³-hybridized carbons (Fsp3) is 0.304. The van der Waals surface area contributed by atoms with Gasteiger partial charge in [0.2, 0.25) is 0 Å². The summed E-state index contributed by atoms with van der Waals surface area (Å²) in [7, 11) is 1.65. The third-order valence-electron chi connectivity index (χ3n) is 5.20. The molecule has 0 spiro atoms. The van der Waals surface area contributed by atoms with Crippen LogP contribution in [0.2, 0.25) is 0 Å². The van der Waals surface area contributed by atoms with Crippen molar-refractivity contribution in [3.8, 4) is 23.1 Å². The molecular formula is C23H23N3O3. The molecule has 0 unspecified atom stereocenters. The van der Waals surface area contributed by atoms with Gasteiger partial charge in [0.05, 0.1) is 30.5 Å². The topological polar surface area (TPSA) is 76.3 Å². The zero-order chi connectivity index (χ0) is 20.4. The molecular weight excluding hydrogens is 366 g/mol. The lowest BCUT2D eigenvalue weighted by Gasteiger charge is -2.12. The highest BCUT2D eigenvalue weighted by Crippen LogP contribution is 2.39. The van der Waals surface area contributed by atoms with E-state index in [1.807, 2.05) is 42.5 Å². The lowest BCUT2D eigenvalue weighted by Crippen LogP contribution is -2.13. The number of aromatic nitrogens is 1. The first kappa shape index (κ1) is 18.9. The van der Waals surface area contributed by atoms with E-state index in [0.29, 0.717) is 23.8 Å². The summed E-state index contributed by atoms with van der Waals surface area (Å²) < 4.78 is 12.6. The number of benzene rings is 2. The highest BCUT2D eigenvalue weighted by atomic mass is 16.5. The Morgan fingerprint density at radius 2 is 2.00 bits per heavy atom. The molecule has 1 amide bonds. The fourth-order valence-electron chi connectivity index (χ4n) is 3.61. The zero-order valence-corrected chi connectivity index (χ0v) is 16.6. The third kappa shape index (κ3) is 3.77. The minimum absolute atomic E-state index is 0.320. The molecule has 0 aliphatic heterocycles. The Kier molecular flexibility index (Phi) is 5.13. The van der Waals surface area contributed by atoms with Crippen molar-refractivity contribution < 1.29 is 14.3 Å². The molecule has 1 saturated carbocycles. The molecule has 1 aromatic heterocycles. The largest absolute Gasteiger partial charge is 0.497 e. The summed E-state index contributed by atoms with van der Waals surface area (Å²) in [5, 5.41) is 13.6. The smallest absolute Gasteiger partial charge is 0.411 e. The van der Waals surface area contributed by atoms with Gasteiger partial charge in [-0.15, -0.1) is 0 Å². The molecule has 3 aromatic rings. The Bertz CT molecular complexity index is 1090. The summed E-state index contributed by atoms with van der Waals surface area (Å²) >= 11 is 0. The van der Waals surface area contributed by atoms with Gasteiger partial charge in [0.25, 0.3) is 0 Å². The molecule has 4 rings (SSSR count). The van der Waals surface area contributed by atoms with E-state index in [1.165, 1.54) is 12.8 Å². The van der Waals surface area contributed by atoms with Crippen LogP contribution in [0.5, 0.6) is 5.75 Å². The fourth-order valence-corrected chi connectivity index (χ4v) is 3.61. The Hall–Kier alpha value is -3.46. The number of carbonyl (C=O) groups excluding carboxylic acids is 1. The maximum Gasteiger partial charge on any atom is 0.411 e. The second-order valence-corrected chi connectivity index (χ2v) is 7.20. The number of nitriles is 1. The quantitative estimate of drug-likeness (QED) is 0.631. The molecule has 0 radical (unpaired) electrons. The number of nitrogens with zero attached hydrogens (tertiary/aromatic N) is 2. The van der Waals surface area contributed by atoms with Crippen LogP contribution in [0.1, 0.15) is 25.3 Å². The molecule has 6 heteroatoms. The number of rotatable bonds is 6. The van der Waals surface area contributed by atoms with E-state index >= 15 is 0 Å². The van der Waals surface area contributed by atoms with Gasteiger partial charge >= 0.3 is 6.09 Å². The number of nitrogens with one attached hydrogen (secondary N) is 1. The molecule has 6 nitrogen and oxygen atoms in total. The van der Waals surface area contributed by atoms with Gasteiger partial charge in [0.1, 0.15) is 11.8 Å². The Balaban J connectivity index is 1.79. The molecule has 1 aliphatic carbocycles. The van der Waals surface area contributed by atoms with Gasteiger partial charge in [0, 0.05) is 23.7 Å². The standard InChI is InChI=1S/C23H23N3O3/c1-3-29-23(27)25-17-8-6-16(7-9-17)22-20(13-24)19-11-10-18(28-2)12-21(19)26(22)14-15-4-5-15/h6-12,15H,3-5,14H2,1-2H3,(H,25,27). The molecule has 2 aromatic carbocycles. The van der Waals surface area contributed by atoms with Crippen LogP contribution in [0, 0.1) is 17.2 Å². The average molecular weight is 389 g/mol. The average Bonchev–Trinajstić information content (AvgIpc) is 3.50. The van der Waals surface area contributed by atoms with Crippen molar-refractivity contribution in [1.82, 2.24) is 4.57 Å². The van der Waals surface area contributed by atoms with E-state index in [9.17, 15) is 10.1 Å². The van der Waals surface area contributed by atoms with E-state index < -0.39 is 6.09 Å². The number of carbonyl (C=O) groups is 1. The van der Waals surface area contributed by atoms with Crippen molar-refractivity contribution in [2.75, 3.05) is 19.0 Å². The van der Waals surface area contributed by atoms with E-state index in [1.54, 1.807) is 14.0 Å². The van der Waals surface area contributed by atoms with E-state index in [4.69, 9.17) is 9.47 Å². The van der Waals surface area contributed by atoms with Crippen LogP contribution >= 0.6 is 0 Å². The molecule has 1 heterocycles. The summed E-state index contributed by atoms with van der Waals surface area (Å²) in [6.07, 6.45) is 1.95. The van der Waals surface area contributed by atoms with Crippen LogP contribution < -0.4 is 10.1 Å². The predicted octanol–water partition coefficient (Wildman–Crippen LogP) is 5.17. The molecule has 1 N–H and O–H groups in total. The predicted molar refractivity (Wildman–Crippen MR) is 112 cm³/mol. The number of amides is 1. The summed E-state index contributed by atoms with van der Waals surface area (Å²) in [6, 6.07) is 15.8. The van der Waals surface area contributed by atoms with Crippen LogP contribution in [0.4, 0.5) is 10.5 Å². The minimum atomic E-state index is -0.479. The number of hydrogen-bond donors (Lipinski definition) is 1. The number of methoxy groups -OCH3 is 1. The van der Waals surface area contributed by atoms with Crippen LogP contribution in [-0.4, -0.2) is 24.4 Å². The highest BCUT2D eigenvalue weighted by Gasteiger charge is 2.26. The van der Waals surface area contributed by atoms with Crippen molar-refractivity contribution >= 4 is 22.7 Å². The molecule has 1 aliphatic rings. The summed E-state index contributed by atoms with van der Waals surface area (Å²) in [6.45, 7) is 2.96. The van der Waals surface area contributed by atoms with Crippen LogP contribution in [-0.2, 0) is 11.3 Å². The van der Waals surface area contributed by atoms with Gasteiger partial charge in [-0.3, -0.25) is 5.32 Å². The molecule has 0 saturated heterocycles. The van der Waals surface area contributed by atoms with Crippen LogP contribution in [0.25, 0.3) is 22.2 Å². The first-order chi connectivity index (χ1) is 14.1. The second-order valence-electron chi connectivity index (χ2n) is 7.20. The van der Waals surface area contributed by atoms with Crippen LogP contribution in [0.15, 0.2) is 42.5 Å². The molecule has 29 heavy (non-hydrogen) atoms. The lowest BCUT2D eigenvalue weighted by molar-refractivity contribution is 0.168. The van der Waals surface area contributed by atoms with Gasteiger partial charge < -0.3 is 14.0 Å². The van der Waals surface area contributed by atoms with Crippen LogP contribution in [0.3, 0.4) is 0 Å². The van der Waals surface area contributed by atoms with Gasteiger partial charge in [-0.1, -0.05) is 12.1 Å². The second kappa shape index (κ2) is 7.88. The van der Waals surface area contributed by atoms with Gasteiger partial charge in [-0.2, -0.15) is 5.26 Å². The Morgan fingerprint density at radius 3 is 2.62 bits per heavy atom. The molecule has 0 atom stereocenters. The SMILES string of the molecule is CCOC(=O)Nc1ccc(-c2c(C#N)c3ccc(OC)cc3n2CC2CC2)cc1. The monoisotopic (exact) mass is 389 g/mol. The molecule has 0 bridgehead atoms. The summed E-state index contributed by atoms with van der Waals surface area (Å²) in [5.41, 5.74) is 4.17.